The first-order valence-electron chi connectivity index (χ1n) is 2.69. The number of nitrogens with two attached hydrogens (primary N) is 1. The largest absolute Gasteiger partial charge is 0.483 e. The first kappa shape index (κ1) is 7.30. The van der Waals surface area contributed by atoms with Crippen LogP contribution in [0.5, 0.6) is 0 Å². The second-order valence-electron chi connectivity index (χ2n) is 1.73. The second kappa shape index (κ2) is 2.85. The van der Waals surface area contributed by atoms with Gasteiger partial charge >= 0.3 is 0 Å². The van der Waals surface area contributed by atoms with Crippen LogP contribution in [-0.4, -0.2) is 30.4 Å². The summed E-state index contributed by atoms with van der Waals surface area (Å²) in [5, 5.41) is 0. The van der Waals surface area contributed by atoms with Crippen molar-refractivity contribution >= 4 is 29.4 Å². The van der Waals surface area contributed by atoms with Crippen LogP contribution in [0.1, 0.15) is 0 Å². The van der Waals surface area contributed by atoms with Crippen molar-refractivity contribution < 1.29 is 4.74 Å². The molecule has 0 spiro atoms. The van der Waals surface area contributed by atoms with Gasteiger partial charge in [0.1, 0.15) is 17.4 Å². The van der Waals surface area contributed by atoms with Crippen molar-refractivity contribution in [1.82, 2.24) is 0 Å². The summed E-state index contributed by atoms with van der Waals surface area (Å²) in [6.45, 7) is 0. The molecule has 0 fully saturated rings. The predicted octanol–water partition coefficient (Wildman–Crippen LogP) is -0.272. The zero-order valence-corrected chi connectivity index (χ0v) is 6.26. The normalized spacial score (nSPS) is 24.4. The Kier molecular flexibility index (Phi) is 2.08. The van der Waals surface area contributed by atoms with Crippen LogP contribution in [0.25, 0.3) is 0 Å². The van der Waals surface area contributed by atoms with Gasteiger partial charge in [-0.15, -0.1) is 0 Å². The van der Waals surface area contributed by atoms with Crippen molar-refractivity contribution in [2.75, 3.05) is 7.11 Å². The van der Waals surface area contributed by atoms with Crippen LogP contribution in [0.15, 0.2) is 9.98 Å². The van der Waals surface area contributed by atoms with Gasteiger partial charge < -0.3 is 10.5 Å². The average molecular weight is 157 g/mol. The van der Waals surface area contributed by atoms with Crippen molar-refractivity contribution in [3.63, 3.8) is 0 Å². The molecule has 0 bridgehead atoms. The zero-order valence-electron chi connectivity index (χ0n) is 5.44. The van der Waals surface area contributed by atoms with E-state index in [2.05, 4.69) is 9.98 Å². The molecule has 1 aliphatic rings. The molecule has 2 N–H and O–H groups in total. The minimum atomic E-state index is -0.454. The summed E-state index contributed by atoms with van der Waals surface area (Å²) < 4.78 is 4.82. The molecule has 1 unspecified atom stereocenters. The lowest BCUT2D eigenvalue weighted by atomic mass is 10.3. The highest BCUT2D eigenvalue weighted by molar-refractivity contribution is 7.80. The fourth-order valence-electron chi connectivity index (χ4n) is 0.589. The SMILES string of the molecule is COC1=NC=NC(=S)C1N. The maximum atomic E-state index is 5.52. The lowest BCUT2D eigenvalue weighted by Gasteiger charge is -2.13. The Bertz CT molecular complexity index is 211. The van der Waals surface area contributed by atoms with Crippen LogP contribution in [-0.2, 0) is 4.74 Å². The van der Waals surface area contributed by atoms with E-state index >= 15 is 0 Å². The molecular formula is C5H7N3OS. The van der Waals surface area contributed by atoms with E-state index in [-0.39, 0.29) is 0 Å². The van der Waals surface area contributed by atoms with Gasteiger partial charge in [-0.25, -0.2) is 9.98 Å². The van der Waals surface area contributed by atoms with E-state index < -0.39 is 6.04 Å². The first-order valence-corrected chi connectivity index (χ1v) is 3.10. The fraction of sp³-hybridized carbons (Fsp3) is 0.400. The third kappa shape index (κ3) is 1.19. The summed E-state index contributed by atoms with van der Waals surface area (Å²) in [6, 6.07) is -0.454. The molecule has 0 saturated carbocycles. The molecule has 0 aromatic rings. The van der Waals surface area contributed by atoms with E-state index in [1.807, 2.05) is 0 Å². The number of hydrogen-bond acceptors (Lipinski definition) is 4. The predicted molar refractivity (Wildman–Crippen MR) is 43.5 cm³/mol. The molecule has 0 amide bonds. The van der Waals surface area contributed by atoms with Gasteiger partial charge in [0.2, 0.25) is 5.90 Å². The highest BCUT2D eigenvalue weighted by Gasteiger charge is 2.18. The number of thiocarbonyl (C=S) groups is 1. The van der Waals surface area contributed by atoms with E-state index in [1.54, 1.807) is 0 Å². The fourth-order valence-corrected chi connectivity index (χ4v) is 0.737. The molecule has 10 heavy (non-hydrogen) atoms. The van der Waals surface area contributed by atoms with Crippen molar-refractivity contribution in [3.05, 3.63) is 0 Å². The minimum Gasteiger partial charge on any atom is -0.483 e. The number of hydrogen-bond donors (Lipinski definition) is 1. The molecule has 1 atom stereocenters. The Morgan fingerprint density at radius 2 is 2.50 bits per heavy atom. The van der Waals surface area contributed by atoms with Crippen molar-refractivity contribution in [2.45, 2.75) is 6.04 Å². The van der Waals surface area contributed by atoms with Crippen LogP contribution in [0.2, 0.25) is 0 Å². The van der Waals surface area contributed by atoms with Crippen LogP contribution in [0.4, 0.5) is 0 Å². The number of nitrogens with zero attached hydrogens (tertiary/aromatic N) is 2. The lowest BCUT2D eigenvalue weighted by molar-refractivity contribution is 0.391. The van der Waals surface area contributed by atoms with Gasteiger partial charge in [0.25, 0.3) is 0 Å². The number of methoxy groups -OCH3 is 1. The Balaban J connectivity index is 2.81. The Labute approximate surface area is 63.8 Å². The molecule has 4 nitrogen and oxygen atoms in total. The van der Waals surface area contributed by atoms with Gasteiger partial charge in [-0.2, -0.15) is 0 Å². The van der Waals surface area contributed by atoms with Crippen LogP contribution >= 0.6 is 12.2 Å². The van der Waals surface area contributed by atoms with Crippen molar-refractivity contribution in [2.24, 2.45) is 15.7 Å². The van der Waals surface area contributed by atoms with Crippen molar-refractivity contribution in [1.29, 1.82) is 0 Å². The van der Waals surface area contributed by atoms with Crippen LogP contribution in [0.3, 0.4) is 0 Å². The molecule has 0 aromatic heterocycles. The molecular weight excluding hydrogens is 150 g/mol. The van der Waals surface area contributed by atoms with Gasteiger partial charge in [-0.1, -0.05) is 12.2 Å². The summed E-state index contributed by atoms with van der Waals surface area (Å²) in [5.41, 5.74) is 5.52. The summed E-state index contributed by atoms with van der Waals surface area (Å²) in [7, 11) is 1.50. The molecule has 54 valence electrons. The van der Waals surface area contributed by atoms with Gasteiger partial charge in [0.15, 0.2) is 0 Å². The third-order valence-corrected chi connectivity index (χ3v) is 1.47. The summed E-state index contributed by atoms with van der Waals surface area (Å²) in [6.07, 6.45) is 1.34. The molecule has 0 radical (unpaired) electrons. The maximum absolute atomic E-state index is 5.52. The topological polar surface area (TPSA) is 60.0 Å². The number of ether oxygens (including phenoxy) is 1. The summed E-state index contributed by atoms with van der Waals surface area (Å²) in [5.74, 6) is 0.417. The summed E-state index contributed by atoms with van der Waals surface area (Å²) in [4.78, 5) is 7.90. The van der Waals surface area contributed by atoms with E-state index in [4.69, 9.17) is 22.7 Å². The quantitative estimate of drug-likeness (QED) is 0.492. The highest BCUT2D eigenvalue weighted by Crippen LogP contribution is 1.97. The molecule has 1 heterocycles. The lowest BCUT2D eigenvalue weighted by Crippen LogP contribution is -2.39. The number of aliphatic imine (C=N–C) groups is 2. The Morgan fingerprint density at radius 1 is 1.80 bits per heavy atom. The monoisotopic (exact) mass is 157 g/mol. The number of rotatable bonds is 0. The molecule has 5 heteroatoms. The van der Waals surface area contributed by atoms with E-state index in [9.17, 15) is 0 Å². The second-order valence-corrected chi connectivity index (χ2v) is 2.15. The first-order chi connectivity index (χ1) is 4.75. The Hall–Kier alpha value is -0.810. The molecule has 1 aliphatic heterocycles. The van der Waals surface area contributed by atoms with Crippen LogP contribution in [0, 0.1) is 0 Å². The minimum absolute atomic E-state index is 0.409. The van der Waals surface area contributed by atoms with E-state index in [0.29, 0.717) is 10.9 Å². The Morgan fingerprint density at radius 3 is 3.00 bits per heavy atom. The highest BCUT2D eigenvalue weighted by atomic mass is 32.1. The van der Waals surface area contributed by atoms with Gasteiger partial charge in [0, 0.05) is 0 Å². The third-order valence-electron chi connectivity index (χ3n) is 1.11. The average Bonchev–Trinajstić information content (AvgIpc) is 1.95. The molecule has 1 rings (SSSR count). The van der Waals surface area contributed by atoms with E-state index in [0.717, 1.165) is 0 Å². The van der Waals surface area contributed by atoms with Crippen LogP contribution < -0.4 is 5.73 Å². The molecule has 0 aromatic carbocycles. The molecule has 0 saturated heterocycles. The van der Waals surface area contributed by atoms with Gasteiger partial charge in [-0.05, 0) is 0 Å². The van der Waals surface area contributed by atoms with E-state index in [1.165, 1.54) is 13.4 Å². The van der Waals surface area contributed by atoms with Gasteiger partial charge in [-0.3, -0.25) is 0 Å². The maximum Gasteiger partial charge on any atom is 0.213 e. The molecule has 0 aliphatic carbocycles. The smallest absolute Gasteiger partial charge is 0.213 e. The standard InChI is InChI=1S/C5H7N3OS/c1-9-4-3(6)5(10)8-2-7-4/h2-3H,6H2,1H3. The zero-order chi connectivity index (χ0) is 7.56. The van der Waals surface area contributed by atoms with Crippen molar-refractivity contribution in [3.8, 4) is 0 Å². The van der Waals surface area contributed by atoms with Gasteiger partial charge in [0.05, 0.1) is 7.11 Å². The summed E-state index contributed by atoms with van der Waals surface area (Å²) >= 11 is 4.79.